The van der Waals surface area contributed by atoms with E-state index in [-0.39, 0.29) is 11.4 Å². The van der Waals surface area contributed by atoms with Gasteiger partial charge >= 0.3 is 0 Å². The molecule has 0 aliphatic rings. The fourth-order valence-corrected chi connectivity index (χ4v) is 2.25. The van der Waals surface area contributed by atoms with Crippen molar-refractivity contribution in [2.45, 2.75) is 6.92 Å². The average molecular weight is 326 g/mol. The molecule has 3 aromatic rings. The van der Waals surface area contributed by atoms with Crippen molar-refractivity contribution in [3.63, 3.8) is 0 Å². The minimum absolute atomic E-state index is 0.0981. The van der Waals surface area contributed by atoms with Crippen LogP contribution in [0, 0.1) is 12.7 Å². The number of methoxy groups -OCH3 is 1. The molecule has 6 nitrogen and oxygen atoms in total. The Balaban J connectivity index is 1.86. The minimum atomic E-state index is -0.516. The van der Waals surface area contributed by atoms with E-state index in [0.717, 1.165) is 5.69 Å². The van der Waals surface area contributed by atoms with Crippen LogP contribution in [0.4, 0.5) is 10.1 Å². The van der Waals surface area contributed by atoms with Crippen LogP contribution in [-0.2, 0) is 0 Å². The highest BCUT2D eigenvalue weighted by Gasteiger charge is 2.18. The highest BCUT2D eigenvalue weighted by molar-refractivity contribution is 6.03. The van der Waals surface area contributed by atoms with Gasteiger partial charge in [-0.25, -0.2) is 9.07 Å². The maximum absolute atomic E-state index is 13.6. The molecule has 0 radical (unpaired) electrons. The Morgan fingerprint density at radius 1 is 1.17 bits per heavy atom. The predicted molar refractivity (Wildman–Crippen MR) is 87.0 cm³/mol. The standard InChI is InChI=1S/C17H15FN4O2/c1-11-16(17(23)19-15-6-4-3-5-14(15)18)20-21-22(11)12-7-9-13(24-2)10-8-12/h3-10H,1-2H3,(H,19,23). The molecular formula is C17H15FN4O2. The van der Waals surface area contributed by atoms with E-state index in [1.54, 1.807) is 50.4 Å². The van der Waals surface area contributed by atoms with Crippen LogP contribution in [0.2, 0.25) is 0 Å². The molecule has 1 aromatic heterocycles. The van der Waals surface area contributed by atoms with E-state index in [1.807, 2.05) is 0 Å². The highest BCUT2D eigenvalue weighted by atomic mass is 19.1. The molecule has 1 amide bonds. The van der Waals surface area contributed by atoms with Gasteiger partial charge in [0.15, 0.2) is 5.69 Å². The maximum atomic E-state index is 13.6. The summed E-state index contributed by atoms with van der Waals surface area (Å²) in [5, 5.41) is 10.4. The second-order valence-electron chi connectivity index (χ2n) is 5.07. The molecule has 0 bridgehead atoms. The van der Waals surface area contributed by atoms with Gasteiger partial charge in [-0.2, -0.15) is 0 Å². The van der Waals surface area contributed by atoms with Crippen molar-refractivity contribution >= 4 is 11.6 Å². The predicted octanol–water partition coefficient (Wildman–Crippen LogP) is 2.98. The first-order chi connectivity index (χ1) is 11.6. The van der Waals surface area contributed by atoms with Gasteiger partial charge in [0, 0.05) is 0 Å². The van der Waals surface area contributed by atoms with Gasteiger partial charge in [-0.3, -0.25) is 4.79 Å². The van der Waals surface area contributed by atoms with Gasteiger partial charge in [0.2, 0.25) is 0 Å². The van der Waals surface area contributed by atoms with Crippen LogP contribution in [-0.4, -0.2) is 28.0 Å². The van der Waals surface area contributed by atoms with Crippen molar-refractivity contribution in [3.8, 4) is 11.4 Å². The summed E-state index contributed by atoms with van der Waals surface area (Å²) in [7, 11) is 1.58. The molecular weight excluding hydrogens is 311 g/mol. The summed E-state index contributed by atoms with van der Waals surface area (Å²) in [5.41, 5.74) is 1.52. The first-order valence-electron chi connectivity index (χ1n) is 7.23. The van der Waals surface area contributed by atoms with Crippen molar-refractivity contribution in [1.82, 2.24) is 15.0 Å². The van der Waals surface area contributed by atoms with Crippen molar-refractivity contribution in [1.29, 1.82) is 0 Å². The molecule has 1 heterocycles. The number of aromatic nitrogens is 3. The molecule has 0 aliphatic heterocycles. The Hall–Kier alpha value is -3.22. The fourth-order valence-electron chi connectivity index (χ4n) is 2.25. The lowest BCUT2D eigenvalue weighted by molar-refractivity contribution is 0.102. The topological polar surface area (TPSA) is 69.0 Å². The molecule has 0 aliphatic carbocycles. The van der Waals surface area contributed by atoms with Gasteiger partial charge in [0.25, 0.3) is 5.91 Å². The fraction of sp³-hybridized carbons (Fsp3) is 0.118. The lowest BCUT2D eigenvalue weighted by atomic mass is 10.2. The molecule has 0 atom stereocenters. The van der Waals surface area contributed by atoms with E-state index in [2.05, 4.69) is 15.6 Å². The second kappa shape index (κ2) is 6.49. The number of nitrogens with zero attached hydrogens (tertiary/aromatic N) is 3. The summed E-state index contributed by atoms with van der Waals surface area (Å²) < 4.78 is 20.3. The number of halogens is 1. The maximum Gasteiger partial charge on any atom is 0.278 e. The smallest absolute Gasteiger partial charge is 0.278 e. The van der Waals surface area contributed by atoms with Gasteiger partial charge < -0.3 is 10.1 Å². The number of benzene rings is 2. The number of ether oxygens (including phenoxy) is 1. The average Bonchev–Trinajstić information content (AvgIpc) is 2.98. The zero-order valence-corrected chi connectivity index (χ0v) is 13.2. The van der Waals surface area contributed by atoms with Gasteiger partial charge in [-0.1, -0.05) is 17.3 Å². The van der Waals surface area contributed by atoms with Crippen LogP contribution >= 0.6 is 0 Å². The Labute approximate surface area is 137 Å². The van der Waals surface area contributed by atoms with E-state index >= 15 is 0 Å². The quantitative estimate of drug-likeness (QED) is 0.800. The van der Waals surface area contributed by atoms with E-state index < -0.39 is 11.7 Å². The zero-order chi connectivity index (χ0) is 17.1. The van der Waals surface area contributed by atoms with Crippen molar-refractivity contribution in [3.05, 3.63) is 65.7 Å². The molecule has 122 valence electrons. The number of carbonyl (C=O) groups is 1. The summed E-state index contributed by atoms with van der Waals surface area (Å²) in [6.07, 6.45) is 0. The van der Waals surface area contributed by atoms with Crippen molar-refractivity contribution in [2.24, 2.45) is 0 Å². The van der Waals surface area contributed by atoms with Crippen LogP contribution in [0.1, 0.15) is 16.2 Å². The molecule has 0 unspecified atom stereocenters. The normalized spacial score (nSPS) is 10.5. The molecule has 0 saturated carbocycles. The molecule has 0 fully saturated rings. The first kappa shape index (κ1) is 15.7. The molecule has 2 aromatic carbocycles. The van der Waals surface area contributed by atoms with Crippen molar-refractivity contribution in [2.75, 3.05) is 12.4 Å². The molecule has 24 heavy (non-hydrogen) atoms. The van der Waals surface area contributed by atoms with E-state index in [4.69, 9.17) is 4.74 Å². The molecule has 0 spiro atoms. The number of anilines is 1. The van der Waals surface area contributed by atoms with E-state index in [1.165, 1.54) is 16.8 Å². The summed E-state index contributed by atoms with van der Waals surface area (Å²) in [6, 6.07) is 13.1. The van der Waals surface area contributed by atoms with Crippen LogP contribution in [0.15, 0.2) is 48.5 Å². The van der Waals surface area contributed by atoms with Crippen LogP contribution in [0.3, 0.4) is 0 Å². The third kappa shape index (κ3) is 2.96. The second-order valence-corrected chi connectivity index (χ2v) is 5.07. The Kier molecular flexibility index (Phi) is 4.24. The third-order valence-electron chi connectivity index (χ3n) is 3.55. The molecule has 1 N–H and O–H groups in total. The summed E-state index contributed by atoms with van der Waals surface area (Å²) in [4.78, 5) is 12.3. The number of carbonyl (C=O) groups excluding carboxylic acids is 1. The van der Waals surface area contributed by atoms with E-state index in [9.17, 15) is 9.18 Å². The van der Waals surface area contributed by atoms with Crippen LogP contribution in [0.25, 0.3) is 5.69 Å². The molecule has 3 rings (SSSR count). The highest BCUT2D eigenvalue weighted by Crippen LogP contribution is 2.18. The lowest BCUT2D eigenvalue weighted by Crippen LogP contribution is -2.15. The number of rotatable bonds is 4. The monoisotopic (exact) mass is 326 g/mol. The van der Waals surface area contributed by atoms with Crippen molar-refractivity contribution < 1.29 is 13.9 Å². The van der Waals surface area contributed by atoms with E-state index in [0.29, 0.717) is 11.4 Å². The van der Waals surface area contributed by atoms with Gasteiger partial charge in [0.05, 0.1) is 24.2 Å². The lowest BCUT2D eigenvalue weighted by Gasteiger charge is -2.06. The third-order valence-corrected chi connectivity index (χ3v) is 3.55. The summed E-state index contributed by atoms with van der Waals surface area (Å²) in [5.74, 6) is -0.308. The van der Waals surface area contributed by atoms with Gasteiger partial charge in [0.1, 0.15) is 11.6 Å². The first-order valence-corrected chi connectivity index (χ1v) is 7.23. The zero-order valence-electron chi connectivity index (χ0n) is 13.2. The molecule has 7 heteroatoms. The Morgan fingerprint density at radius 3 is 2.54 bits per heavy atom. The Bertz CT molecular complexity index is 875. The number of amides is 1. The Morgan fingerprint density at radius 2 is 1.88 bits per heavy atom. The number of hydrogen-bond donors (Lipinski definition) is 1. The minimum Gasteiger partial charge on any atom is -0.497 e. The largest absolute Gasteiger partial charge is 0.497 e. The number of para-hydroxylation sites is 1. The SMILES string of the molecule is COc1ccc(-n2nnc(C(=O)Nc3ccccc3F)c2C)cc1. The van der Waals surface area contributed by atoms with Gasteiger partial charge in [-0.15, -0.1) is 5.10 Å². The summed E-state index contributed by atoms with van der Waals surface area (Å²) >= 11 is 0. The molecule has 0 saturated heterocycles. The van der Waals surface area contributed by atoms with Crippen LogP contribution in [0.5, 0.6) is 5.75 Å². The van der Waals surface area contributed by atoms with Crippen LogP contribution < -0.4 is 10.1 Å². The number of hydrogen-bond acceptors (Lipinski definition) is 4. The number of nitrogens with one attached hydrogen (secondary N) is 1. The van der Waals surface area contributed by atoms with Gasteiger partial charge in [-0.05, 0) is 43.3 Å². The summed E-state index contributed by atoms with van der Waals surface area (Å²) in [6.45, 7) is 1.72.